The Hall–Kier alpha value is -3.71. The minimum atomic E-state index is -1.29. The average molecular weight is 410 g/mol. The third-order valence-electron chi connectivity index (χ3n) is 4.02. The van der Waals surface area contributed by atoms with Crippen LogP contribution in [0.4, 0.5) is 16.2 Å². The van der Waals surface area contributed by atoms with Crippen LogP contribution in [0.3, 0.4) is 0 Å². The van der Waals surface area contributed by atoms with E-state index >= 15 is 0 Å². The second-order valence-corrected chi connectivity index (χ2v) is 6.52. The number of hydrogen-bond donors (Lipinski definition) is 3. The normalized spacial score (nSPS) is 10.2. The predicted octanol–water partition coefficient (Wildman–Crippen LogP) is 4.70. The fraction of sp³-hybridized carbons (Fsp3) is 0.0476. The second kappa shape index (κ2) is 8.99. The molecule has 0 saturated heterocycles. The van der Waals surface area contributed by atoms with Crippen LogP contribution in [-0.2, 0) is 4.79 Å². The van der Waals surface area contributed by atoms with Crippen molar-refractivity contribution < 1.29 is 19.5 Å². The Balaban J connectivity index is 1.73. The molecule has 3 rings (SSSR count). The van der Waals surface area contributed by atoms with Gasteiger partial charge in [0.2, 0.25) is 5.91 Å². The van der Waals surface area contributed by atoms with Crippen molar-refractivity contribution in [1.29, 1.82) is 0 Å². The zero-order chi connectivity index (χ0) is 20.8. The fourth-order valence-corrected chi connectivity index (χ4v) is 2.88. The highest BCUT2D eigenvalue weighted by molar-refractivity contribution is 6.31. The van der Waals surface area contributed by atoms with E-state index in [0.717, 1.165) is 11.1 Å². The molecule has 8 heteroatoms. The summed E-state index contributed by atoms with van der Waals surface area (Å²) in [4.78, 5) is 39.7. The van der Waals surface area contributed by atoms with E-state index < -0.39 is 18.4 Å². The van der Waals surface area contributed by atoms with Crippen molar-refractivity contribution in [3.05, 3.63) is 77.6 Å². The summed E-state index contributed by atoms with van der Waals surface area (Å²) in [5.41, 5.74) is 2.46. The quantitative estimate of drug-likeness (QED) is 0.403. The Morgan fingerprint density at radius 2 is 1.66 bits per heavy atom. The number of rotatable bonds is 6. The number of ketones is 1. The molecular weight excluding hydrogens is 394 g/mol. The Kier molecular flexibility index (Phi) is 6.21. The Labute approximate surface area is 171 Å². The first-order chi connectivity index (χ1) is 13.9. The van der Waals surface area contributed by atoms with Crippen molar-refractivity contribution in [2.75, 3.05) is 10.6 Å². The molecular formula is C21H16ClN3O4. The first kappa shape index (κ1) is 20.0. The molecule has 0 bridgehead atoms. The van der Waals surface area contributed by atoms with Gasteiger partial charge >= 0.3 is 6.09 Å². The smallest absolute Gasteiger partial charge is 0.409 e. The molecule has 0 fully saturated rings. The van der Waals surface area contributed by atoms with E-state index in [4.69, 9.17) is 16.7 Å². The Morgan fingerprint density at radius 3 is 2.38 bits per heavy atom. The highest BCUT2D eigenvalue weighted by Crippen LogP contribution is 2.26. The van der Waals surface area contributed by atoms with Crippen LogP contribution in [0.2, 0.25) is 5.02 Å². The Bertz CT molecular complexity index is 1070. The van der Waals surface area contributed by atoms with Gasteiger partial charge in [-0.1, -0.05) is 29.8 Å². The van der Waals surface area contributed by atoms with Gasteiger partial charge in [0.15, 0.2) is 5.78 Å². The molecule has 0 unspecified atom stereocenters. The van der Waals surface area contributed by atoms with Gasteiger partial charge in [0.1, 0.15) is 0 Å². The van der Waals surface area contributed by atoms with Crippen LogP contribution in [0.15, 0.2) is 67.0 Å². The third-order valence-corrected chi connectivity index (χ3v) is 4.25. The molecule has 0 aliphatic heterocycles. The summed E-state index contributed by atoms with van der Waals surface area (Å²) in [5.74, 6) is -0.951. The highest BCUT2D eigenvalue weighted by Gasteiger charge is 2.15. The average Bonchev–Trinajstić information content (AvgIpc) is 2.70. The van der Waals surface area contributed by atoms with E-state index in [9.17, 15) is 14.4 Å². The Morgan fingerprint density at radius 1 is 0.897 bits per heavy atom. The number of benzene rings is 2. The predicted molar refractivity (Wildman–Crippen MR) is 110 cm³/mol. The van der Waals surface area contributed by atoms with Crippen molar-refractivity contribution in [1.82, 2.24) is 4.98 Å². The molecule has 1 heterocycles. The monoisotopic (exact) mass is 409 g/mol. The summed E-state index contributed by atoms with van der Waals surface area (Å²) in [6.45, 7) is 0. The summed E-state index contributed by atoms with van der Waals surface area (Å²) < 4.78 is 0. The number of carbonyl (C=O) groups excluding carboxylic acids is 2. The van der Waals surface area contributed by atoms with Crippen LogP contribution >= 0.6 is 11.6 Å². The molecule has 0 radical (unpaired) electrons. The van der Waals surface area contributed by atoms with Crippen molar-refractivity contribution in [3.8, 4) is 11.1 Å². The van der Waals surface area contributed by atoms with Crippen LogP contribution in [0.1, 0.15) is 16.8 Å². The van der Waals surface area contributed by atoms with E-state index in [2.05, 4.69) is 15.6 Å². The number of carboxylic acid groups (broad SMARTS) is 1. The van der Waals surface area contributed by atoms with E-state index in [1.54, 1.807) is 30.6 Å². The van der Waals surface area contributed by atoms with Crippen molar-refractivity contribution in [2.24, 2.45) is 0 Å². The maximum Gasteiger partial charge on any atom is 0.409 e. The van der Waals surface area contributed by atoms with Crippen LogP contribution in [0, 0.1) is 0 Å². The summed E-state index contributed by atoms with van der Waals surface area (Å²) in [5, 5.41) is 13.9. The van der Waals surface area contributed by atoms with Gasteiger partial charge in [-0.05, 0) is 47.5 Å². The third kappa shape index (κ3) is 5.40. The topological polar surface area (TPSA) is 108 Å². The molecule has 29 heavy (non-hydrogen) atoms. The standard InChI is InChI=1S/C21H16ClN3O4/c22-16-4-5-17(25-21(28)29)18(11-16)24-20(27)12-19(26)15-3-1-2-14(10-15)13-6-8-23-9-7-13/h1-11,25H,12H2,(H,24,27)(H,28,29). The van der Waals surface area contributed by atoms with Gasteiger partial charge in [0.25, 0.3) is 0 Å². The molecule has 3 N–H and O–H groups in total. The summed E-state index contributed by atoms with van der Waals surface area (Å²) in [7, 11) is 0. The van der Waals surface area contributed by atoms with E-state index in [0.29, 0.717) is 10.6 Å². The lowest BCUT2D eigenvalue weighted by molar-refractivity contribution is -0.115. The van der Waals surface area contributed by atoms with Gasteiger partial charge in [-0.25, -0.2) is 4.79 Å². The van der Waals surface area contributed by atoms with E-state index in [1.165, 1.54) is 18.2 Å². The lowest BCUT2D eigenvalue weighted by Gasteiger charge is -2.11. The lowest BCUT2D eigenvalue weighted by Crippen LogP contribution is -2.18. The first-order valence-corrected chi connectivity index (χ1v) is 8.93. The second-order valence-electron chi connectivity index (χ2n) is 6.08. The number of Topliss-reactive ketones (excluding diaryl/α,β-unsaturated/α-hetero) is 1. The first-order valence-electron chi connectivity index (χ1n) is 8.55. The number of nitrogens with one attached hydrogen (secondary N) is 2. The number of nitrogens with zero attached hydrogens (tertiary/aromatic N) is 1. The number of hydrogen-bond acceptors (Lipinski definition) is 4. The molecule has 7 nitrogen and oxygen atoms in total. The fourth-order valence-electron chi connectivity index (χ4n) is 2.70. The van der Waals surface area contributed by atoms with E-state index in [1.807, 2.05) is 18.2 Å². The van der Waals surface area contributed by atoms with Gasteiger partial charge in [-0.2, -0.15) is 0 Å². The van der Waals surface area contributed by atoms with Crippen molar-refractivity contribution in [3.63, 3.8) is 0 Å². The molecule has 146 valence electrons. The number of carbonyl (C=O) groups is 3. The minimum absolute atomic E-state index is 0.155. The largest absolute Gasteiger partial charge is 0.465 e. The van der Waals surface area contributed by atoms with Gasteiger partial charge < -0.3 is 10.4 Å². The summed E-state index contributed by atoms with van der Waals surface area (Å²) in [6, 6.07) is 14.9. The lowest BCUT2D eigenvalue weighted by atomic mass is 10.0. The van der Waals surface area contributed by atoms with Crippen molar-refractivity contribution in [2.45, 2.75) is 6.42 Å². The SMILES string of the molecule is O=C(O)Nc1ccc(Cl)cc1NC(=O)CC(=O)c1cccc(-c2ccncc2)c1. The van der Waals surface area contributed by atoms with Gasteiger partial charge in [0, 0.05) is 23.0 Å². The van der Waals surface area contributed by atoms with Crippen LogP contribution < -0.4 is 10.6 Å². The van der Waals surface area contributed by atoms with Crippen molar-refractivity contribution >= 4 is 40.8 Å². The van der Waals surface area contributed by atoms with E-state index in [-0.39, 0.29) is 17.2 Å². The molecule has 3 aromatic rings. The van der Waals surface area contributed by atoms with Crippen LogP contribution in [0.25, 0.3) is 11.1 Å². The molecule has 0 atom stereocenters. The molecule has 0 spiro atoms. The molecule has 1 aromatic heterocycles. The number of anilines is 2. The minimum Gasteiger partial charge on any atom is -0.465 e. The molecule has 0 aliphatic carbocycles. The summed E-state index contributed by atoms with van der Waals surface area (Å²) >= 11 is 5.92. The molecule has 2 amide bonds. The summed E-state index contributed by atoms with van der Waals surface area (Å²) in [6.07, 6.45) is 1.63. The van der Waals surface area contributed by atoms with Crippen LogP contribution in [-0.4, -0.2) is 27.9 Å². The molecule has 0 aliphatic rings. The molecule has 2 aromatic carbocycles. The number of amides is 2. The number of pyridine rings is 1. The van der Waals surface area contributed by atoms with Gasteiger partial charge in [0.05, 0.1) is 17.8 Å². The van der Waals surface area contributed by atoms with Crippen LogP contribution in [0.5, 0.6) is 0 Å². The number of aromatic nitrogens is 1. The molecule has 0 saturated carbocycles. The maximum absolute atomic E-state index is 12.5. The van der Waals surface area contributed by atoms with Gasteiger partial charge in [-0.3, -0.25) is 19.9 Å². The highest BCUT2D eigenvalue weighted by atomic mass is 35.5. The zero-order valence-electron chi connectivity index (χ0n) is 15.1. The number of halogens is 1. The van der Waals surface area contributed by atoms with Gasteiger partial charge in [-0.15, -0.1) is 0 Å². The maximum atomic E-state index is 12.5. The zero-order valence-corrected chi connectivity index (χ0v) is 15.8.